The summed E-state index contributed by atoms with van der Waals surface area (Å²) < 4.78 is 0. The first-order valence-electron chi connectivity index (χ1n) is 5.20. The molecule has 4 heteroatoms. The Morgan fingerprint density at radius 3 is 2.65 bits per heavy atom. The molecule has 0 saturated heterocycles. The molecule has 17 heavy (non-hydrogen) atoms. The van der Waals surface area contributed by atoms with E-state index in [1.807, 2.05) is 37.3 Å². The van der Waals surface area contributed by atoms with Crippen molar-refractivity contribution in [3.8, 4) is 0 Å². The van der Waals surface area contributed by atoms with Crippen LogP contribution in [0, 0.1) is 6.92 Å². The molecule has 2 aromatic rings. The monoisotopic (exact) mass is 244 g/mol. The Hall–Kier alpha value is -1.94. The van der Waals surface area contributed by atoms with Gasteiger partial charge >= 0.3 is 0 Å². The van der Waals surface area contributed by atoms with Gasteiger partial charge in [-0.1, -0.05) is 18.2 Å². The zero-order valence-corrected chi connectivity index (χ0v) is 10.2. The molecule has 0 aliphatic carbocycles. The second-order valence-electron chi connectivity index (χ2n) is 3.51. The van der Waals surface area contributed by atoms with E-state index in [9.17, 15) is 4.79 Å². The summed E-state index contributed by atoms with van der Waals surface area (Å²) in [6, 6.07) is 13.0. The van der Waals surface area contributed by atoms with E-state index in [2.05, 4.69) is 10.5 Å². The highest BCUT2D eigenvalue weighted by molar-refractivity contribution is 7.13. The number of nitrogens with one attached hydrogen (secondary N) is 1. The second-order valence-corrected chi connectivity index (χ2v) is 4.83. The molecule has 3 nitrogen and oxygen atoms in total. The van der Waals surface area contributed by atoms with Crippen molar-refractivity contribution in [1.82, 2.24) is 5.43 Å². The van der Waals surface area contributed by atoms with Crippen LogP contribution in [-0.2, 0) is 0 Å². The van der Waals surface area contributed by atoms with Gasteiger partial charge in [-0.2, -0.15) is 5.10 Å². The predicted molar refractivity (Wildman–Crippen MR) is 70.6 cm³/mol. The van der Waals surface area contributed by atoms with E-state index in [1.165, 1.54) is 4.88 Å². The third kappa shape index (κ3) is 3.26. The Bertz CT molecular complexity index is 531. The van der Waals surface area contributed by atoms with Crippen LogP contribution in [0.3, 0.4) is 0 Å². The highest BCUT2D eigenvalue weighted by Crippen LogP contribution is 2.12. The summed E-state index contributed by atoms with van der Waals surface area (Å²) in [7, 11) is 0. The van der Waals surface area contributed by atoms with E-state index in [4.69, 9.17) is 0 Å². The molecule has 0 aliphatic heterocycles. The minimum Gasteiger partial charge on any atom is -0.267 e. The van der Waals surface area contributed by atoms with Crippen LogP contribution in [0.15, 0.2) is 47.6 Å². The largest absolute Gasteiger partial charge is 0.271 e. The van der Waals surface area contributed by atoms with Gasteiger partial charge in [-0.3, -0.25) is 4.79 Å². The Morgan fingerprint density at radius 2 is 2.00 bits per heavy atom. The van der Waals surface area contributed by atoms with Crippen LogP contribution in [-0.4, -0.2) is 12.1 Å². The summed E-state index contributed by atoms with van der Waals surface area (Å²) in [5.41, 5.74) is 3.10. The Labute approximate surface area is 104 Å². The molecule has 1 amide bonds. The van der Waals surface area contributed by atoms with Crippen molar-refractivity contribution in [3.05, 3.63) is 57.8 Å². The lowest BCUT2D eigenvalue weighted by Gasteiger charge is -1.97. The van der Waals surface area contributed by atoms with Crippen molar-refractivity contribution in [1.29, 1.82) is 0 Å². The number of hydrogen-bond donors (Lipinski definition) is 1. The van der Waals surface area contributed by atoms with Gasteiger partial charge in [0.25, 0.3) is 5.91 Å². The van der Waals surface area contributed by atoms with E-state index >= 15 is 0 Å². The van der Waals surface area contributed by atoms with Crippen molar-refractivity contribution in [2.75, 3.05) is 0 Å². The molecule has 1 aromatic heterocycles. The van der Waals surface area contributed by atoms with Crippen molar-refractivity contribution in [2.24, 2.45) is 5.10 Å². The number of hydrogen-bond acceptors (Lipinski definition) is 3. The quantitative estimate of drug-likeness (QED) is 0.654. The van der Waals surface area contributed by atoms with Gasteiger partial charge in [-0.15, -0.1) is 11.3 Å². The summed E-state index contributed by atoms with van der Waals surface area (Å²) in [6.45, 7) is 2.03. The number of rotatable bonds is 3. The number of aryl methyl sites for hydroxylation is 1. The first-order chi connectivity index (χ1) is 8.25. The van der Waals surface area contributed by atoms with Gasteiger partial charge in [0.2, 0.25) is 0 Å². The molecule has 0 spiro atoms. The number of carbonyl (C=O) groups is 1. The lowest BCUT2D eigenvalue weighted by molar-refractivity contribution is 0.0955. The van der Waals surface area contributed by atoms with Crippen molar-refractivity contribution >= 4 is 23.5 Å². The summed E-state index contributed by atoms with van der Waals surface area (Å²) in [5.74, 6) is -0.199. The summed E-state index contributed by atoms with van der Waals surface area (Å²) in [5, 5.41) is 3.92. The molecule has 1 N–H and O–H groups in total. The molecule has 0 bridgehead atoms. The number of benzene rings is 1. The first-order valence-corrected chi connectivity index (χ1v) is 6.02. The zero-order chi connectivity index (χ0) is 12.1. The standard InChI is InChI=1S/C13H12N2OS/c1-10-7-8-12(17-10)9-14-15-13(16)11-5-3-2-4-6-11/h2-9H,1H3,(H,15,16)/b14-9+. The molecule has 1 aromatic carbocycles. The van der Waals surface area contributed by atoms with Gasteiger partial charge in [0.15, 0.2) is 0 Å². The maximum Gasteiger partial charge on any atom is 0.271 e. The van der Waals surface area contributed by atoms with Crippen LogP contribution in [0.1, 0.15) is 20.1 Å². The molecule has 0 unspecified atom stereocenters. The van der Waals surface area contributed by atoms with Gasteiger partial charge < -0.3 is 0 Å². The molecule has 0 aliphatic rings. The molecule has 1 heterocycles. The Kier molecular flexibility index (Phi) is 3.67. The van der Waals surface area contributed by atoms with E-state index in [1.54, 1.807) is 29.7 Å². The van der Waals surface area contributed by atoms with Crippen LogP contribution in [0.25, 0.3) is 0 Å². The van der Waals surface area contributed by atoms with Crippen LogP contribution >= 0.6 is 11.3 Å². The van der Waals surface area contributed by atoms with Crippen LogP contribution < -0.4 is 5.43 Å². The smallest absolute Gasteiger partial charge is 0.267 e. The number of hydrazone groups is 1. The summed E-state index contributed by atoms with van der Waals surface area (Å²) in [4.78, 5) is 13.9. The molecule has 0 saturated carbocycles. The Balaban J connectivity index is 1.95. The molecular formula is C13H12N2OS. The molecule has 86 valence electrons. The van der Waals surface area contributed by atoms with E-state index in [-0.39, 0.29) is 5.91 Å². The van der Waals surface area contributed by atoms with Crippen molar-refractivity contribution in [2.45, 2.75) is 6.92 Å². The fraction of sp³-hybridized carbons (Fsp3) is 0.0769. The van der Waals surface area contributed by atoms with Gasteiger partial charge in [0.05, 0.1) is 6.21 Å². The van der Waals surface area contributed by atoms with E-state index in [0.717, 1.165) is 4.88 Å². The third-order valence-electron chi connectivity index (χ3n) is 2.16. The minimum absolute atomic E-state index is 0.199. The lowest BCUT2D eigenvalue weighted by atomic mass is 10.2. The number of thiophene rings is 1. The first kappa shape index (κ1) is 11.5. The normalized spacial score (nSPS) is 10.6. The molecule has 2 rings (SSSR count). The maximum absolute atomic E-state index is 11.6. The van der Waals surface area contributed by atoms with Gasteiger partial charge in [-0.25, -0.2) is 5.43 Å². The van der Waals surface area contributed by atoms with Crippen LogP contribution in [0.5, 0.6) is 0 Å². The molecular weight excluding hydrogens is 232 g/mol. The minimum atomic E-state index is -0.199. The number of carbonyl (C=O) groups excluding carboxylic acids is 1. The average molecular weight is 244 g/mol. The summed E-state index contributed by atoms with van der Waals surface area (Å²) >= 11 is 1.63. The highest BCUT2D eigenvalue weighted by Gasteiger charge is 2.01. The maximum atomic E-state index is 11.6. The molecule has 0 radical (unpaired) electrons. The van der Waals surface area contributed by atoms with Gasteiger partial charge in [0, 0.05) is 15.3 Å². The van der Waals surface area contributed by atoms with Gasteiger partial charge in [-0.05, 0) is 31.2 Å². The highest BCUT2D eigenvalue weighted by atomic mass is 32.1. The Morgan fingerprint density at radius 1 is 1.24 bits per heavy atom. The van der Waals surface area contributed by atoms with Crippen molar-refractivity contribution in [3.63, 3.8) is 0 Å². The second kappa shape index (κ2) is 5.41. The SMILES string of the molecule is Cc1ccc(/C=N/NC(=O)c2ccccc2)s1. The fourth-order valence-corrected chi connectivity index (χ4v) is 2.08. The summed E-state index contributed by atoms with van der Waals surface area (Å²) in [6.07, 6.45) is 1.65. The fourth-order valence-electron chi connectivity index (χ4n) is 1.33. The average Bonchev–Trinajstić information content (AvgIpc) is 2.76. The van der Waals surface area contributed by atoms with Crippen LogP contribution in [0.2, 0.25) is 0 Å². The lowest BCUT2D eigenvalue weighted by Crippen LogP contribution is -2.17. The van der Waals surface area contributed by atoms with E-state index < -0.39 is 0 Å². The molecule has 0 atom stereocenters. The van der Waals surface area contributed by atoms with Gasteiger partial charge in [0.1, 0.15) is 0 Å². The zero-order valence-electron chi connectivity index (χ0n) is 9.38. The van der Waals surface area contributed by atoms with E-state index in [0.29, 0.717) is 5.56 Å². The van der Waals surface area contributed by atoms with Crippen molar-refractivity contribution < 1.29 is 4.79 Å². The third-order valence-corrected chi connectivity index (χ3v) is 3.09. The molecule has 0 fully saturated rings. The number of amides is 1. The van der Waals surface area contributed by atoms with Crippen LogP contribution in [0.4, 0.5) is 0 Å². The topological polar surface area (TPSA) is 41.5 Å². The predicted octanol–water partition coefficient (Wildman–Crippen LogP) is 2.82. The number of nitrogens with zero attached hydrogens (tertiary/aromatic N) is 1.